The zero-order valence-electron chi connectivity index (χ0n) is 12.4. The Morgan fingerprint density at radius 3 is 2.77 bits per heavy atom. The summed E-state index contributed by atoms with van der Waals surface area (Å²) in [5, 5.41) is 4.86. The lowest BCUT2D eigenvalue weighted by atomic mass is 10.2. The van der Waals surface area contributed by atoms with Crippen LogP contribution in [0.15, 0.2) is 54.7 Å². The van der Waals surface area contributed by atoms with Crippen LogP contribution in [0.25, 0.3) is 10.9 Å². The van der Waals surface area contributed by atoms with E-state index in [0.29, 0.717) is 12.6 Å². The molecule has 0 radical (unpaired) electrons. The molecule has 0 amide bonds. The molecule has 1 aromatic heterocycles. The number of halogens is 1. The van der Waals surface area contributed by atoms with Gasteiger partial charge in [-0.1, -0.05) is 30.3 Å². The molecule has 0 unspecified atom stereocenters. The second kappa shape index (κ2) is 5.58. The number of aromatic nitrogens is 1. The lowest BCUT2D eigenvalue weighted by Gasteiger charge is -2.05. The second-order valence-corrected chi connectivity index (χ2v) is 6.08. The Morgan fingerprint density at radius 2 is 1.95 bits per heavy atom. The SMILES string of the molecule is Fc1cccc(Cn2cc(CNC3CC3)c3ccccc32)c1. The van der Waals surface area contributed by atoms with Gasteiger partial charge in [0, 0.05) is 36.2 Å². The topological polar surface area (TPSA) is 17.0 Å². The highest BCUT2D eigenvalue weighted by molar-refractivity contribution is 5.84. The summed E-state index contributed by atoms with van der Waals surface area (Å²) in [6.45, 7) is 1.60. The van der Waals surface area contributed by atoms with E-state index in [1.165, 1.54) is 35.4 Å². The molecule has 0 bridgehead atoms. The highest BCUT2D eigenvalue weighted by Gasteiger charge is 2.20. The predicted molar refractivity (Wildman–Crippen MR) is 87.3 cm³/mol. The first-order valence-corrected chi connectivity index (χ1v) is 7.84. The molecule has 0 saturated heterocycles. The third-order valence-corrected chi connectivity index (χ3v) is 4.27. The first-order chi connectivity index (χ1) is 10.8. The predicted octanol–water partition coefficient (Wildman–Crippen LogP) is 4.08. The molecule has 1 fully saturated rings. The van der Waals surface area contributed by atoms with Crippen LogP contribution in [0.5, 0.6) is 0 Å². The van der Waals surface area contributed by atoms with Crippen molar-refractivity contribution in [2.24, 2.45) is 0 Å². The number of rotatable bonds is 5. The van der Waals surface area contributed by atoms with E-state index in [-0.39, 0.29) is 5.82 Å². The van der Waals surface area contributed by atoms with Crippen LogP contribution >= 0.6 is 0 Å². The van der Waals surface area contributed by atoms with Crippen molar-refractivity contribution in [1.82, 2.24) is 9.88 Å². The fourth-order valence-electron chi connectivity index (χ4n) is 2.97. The molecule has 1 N–H and O–H groups in total. The molecule has 1 saturated carbocycles. The molecular weight excluding hydrogens is 275 g/mol. The summed E-state index contributed by atoms with van der Waals surface area (Å²) in [4.78, 5) is 0. The molecule has 1 aliphatic carbocycles. The standard InChI is InChI=1S/C19H19FN2/c20-16-5-3-4-14(10-16)12-22-13-15(11-21-17-8-9-17)18-6-1-2-7-19(18)22/h1-7,10,13,17,21H,8-9,11-12H2. The van der Waals surface area contributed by atoms with E-state index in [4.69, 9.17) is 0 Å². The summed E-state index contributed by atoms with van der Waals surface area (Å²) in [6, 6.07) is 16.0. The molecule has 4 rings (SSSR count). The molecule has 1 heterocycles. The van der Waals surface area contributed by atoms with E-state index >= 15 is 0 Å². The van der Waals surface area contributed by atoms with Gasteiger partial charge < -0.3 is 9.88 Å². The van der Waals surface area contributed by atoms with Crippen LogP contribution in [0.2, 0.25) is 0 Å². The smallest absolute Gasteiger partial charge is 0.123 e. The Hall–Kier alpha value is -2.13. The summed E-state index contributed by atoms with van der Waals surface area (Å²) in [5.41, 5.74) is 3.51. The second-order valence-electron chi connectivity index (χ2n) is 6.08. The largest absolute Gasteiger partial charge is 0.343 e. The normalized spacial score (nSPS) is 14.6. The zero-order chi connectivity index (χ0) is 14.9. The lowest BCUT2D eigenvalue weighted by Crippen LogP contribution is -2.14. The lowest BCUT2D eigenvalue weighted by molar-refractivity contribution is 0.624. The van der Waals surface area contributed by atoms with Gasteiger partial charge in [-0.2, -0.15) is 0 Å². The van der Waals surface area contributed by atoms with Crippen LogP contribution in [0.1, 0.15) is 24.0 Å². The van der Waals surface area contributed by atoms with Crippen LogP contribution in [-0.4, -0.2) is 10.6 Å². The maximum absolute atomic E-state index is 13.4. The van der Waals surface area contributed by atoms with Crippen LogP contribution in [0.3, 0.4) is 0 Å². The van der Waals surface area contributed by atoms with Crippen LogP contribution in [0.4, 0.5) is 4.39 Å². The molecule has 3 aromatic rings. The van der Waals surface area contributed by atoms with Gasteiger partial charge in [-0.3, -0.25) is 0 Å². The van der Waals surface area contributed by atoms with Crippen molar-refractivity contribution in [3.63, 3.8) is 0 Å². The minimum absolute atomic E-state index is 0.176. The summed E-state index contributed by atoms with van der Waals surface area (Å²) in [6.07, 6.45) is 4.79. The average molecular weight is 294 g/mol. The van der Waals surface area contributed by atoms with E-state index < -0.39 is 0 Å². The van der Waals surface area contributed by atoms with Gasteiger partial charge in [-0.25, -0.2) is 4.39 Å². The fraction of sp³-hybridized carbons (Fsp3) is 0.263. The van der Waals surface area contributed by atoms with Gasteiger partial charge in [0.05, 0.1) is 0 Å². The Balaban J connectivity index is 1.67. The third-order valence-electron chi connectivity index (χ3n) is 4.27. The number of benzene rings is 2. The third kappa shape index (κ3) is 2.77. The number of hydrogen-bond donors (Lipinski definition) is 1. The van der Waals surface area contributed by atoms with Gasteiger partial charge in [0.25, 0.3) is 0 Å². The van der Waals surface area contributed by atoms with E-state index in [1.54, 1.807) is 12.1 Å². The van der Waals surface area contributed by atoms with Gasteiger partial charge in [0.2, 0.25) is 0 Å². The van der Waals surface area contributed by atoms with E-state index in [9.17, 15) is 4.39 Å². The summed E-state index contributed by atoms with van der Waals surface area (Å²) in [7, 11) is 0. The van der Waals surface area contributed by atoms with Crippen molar-refractivity contribution in [3.8, 4) is 0 Å². The van der Waals surface area contributed by atoms with Gasteiger partial charge >= 0.3 is 0 Å². The molecular formula is C19H19FN2. The van der Waals surface area contributed by atoms with Gasteiger partial charge in [-0.05, 0) is 42.2 Å². The van der Waals surface area contributed by atoms with E-state index in [1.807, 2.05) is 6.07 Å². The van der Waals surface area contributed by atoms with Crippen molar-refractivity contribution in [3.05, 3.63) is 71.7 Å². The molecule has 0 aliphatic heterocycles. The van der Waals surface area contributed by atoms with Gasteiger partial charge in [-0.15, -0.1) is 0 Å². The van der Waals surface area contributed by atoms with E-state index in [0.717, 1.165) is 12.1 Å². The highest BCUT2D eigenvalue weighted by Crippen LogP contribution is 2.25. The number of para-hydroxylation sites is 1. The Labute approximate surface area is 129 Å². The number of hydrogen-bond acceptors (Lipinski definition) is 1. The molecule has 1 aliphatic rings. The quantitative estimate of drug-likeness (QED) is 0.750. The molecule has 2 aromatic carbocycles. The highest BCUT2D eigenvalue weighted by atomic mass is 19.1. The summed E-state index contributed by atoms with van der Waals surface area (Å²) < 4.78 is 15.6. The summed E-state index contributed by atoms with van der Waals surface area (Å²) in [5.74, 6) is -0.176. The molecule has 2 nitrogen and oxygen atoms in total. The molecule has 3 heteroatoms. The van der Waals surface area contributed by atoms with Crippen molar-refractivity contribution >= 4 is 10.9 Å². The number of fused-ring (bicyclic) bond motifs is 1. The Bertz CT molecular complexity index is 802. The summed E-state index contributed by atoms with van der Waals surface area (Å²) >= 11 is 0. The first-order valence-electron chi connectivity index (χ1n) is 7.84. The van der Waals surface area contributed by atoms with E-state index in [2.05, 4.69) is 40.3 Å². The minimum atomic E-state index is -0.176. The van der Waals surface area contributed by atoms with Crippen molar-refractivity contribution in [1.29, 1.82) is 0 Å². The van der Waals surface area contributed by atoms with Crippen LogP contribution in [-0.2, 0) is 13.1 Å². The number of nitrogens with one attached hydrogen (secondary N) is 1. The van der Waals surface area contributed by atoms with Crippen molar-refractivity contribution in [2.45, 2.75) is 32.0 Å². The van der Waals surface area contributed by atoms with Crippen LogP contribution < -0.4 is 5.32 Å². The van der Waals surface area contributed by atoms with Gasteiger partial charge in [0.15, 0.2) is 0 Å². The maximum atomic E-state index is 13.4. The number of nitrogens with zero attached hydrogens (tertiary/aromatic N) is 1. The Morgan fingerprint density at radius 1 is 1.09 bits per heavy atom. The minimum Gasteiger partial charge on any atom is -0.343 e. The average Bonchev–Trinajstić information content (AvgIpc) is 3.29. The maximum Gasteiger partial charge on any atom is 0.123 e. The molecule has 0 spiro atoms. The molecule has 0 atom stereocenters. The first kappa shape index (κ1) is 13.5. The molecule has 112 valence electrons. The monoisotopic (exact) mass is 294 g/mol. The van der Waals surface area contributed by atoms with Gasteiger partial charge in [0.1, 0.15) is 5.82 Å². The molecule has 22 heavy (non-hydrogen) atoms. The van der Waals surface area contributed by atoms with Crippen molar-refractivity contribution < 1.29 is 4.39 Å². The Kier molecular flexibility index (Phi) is 3.43. The van der Waals surface area contributed by atoms with Crippen molar-refractivity contribution in [2.75, 3.05) is 0 Å². The fourth-order valence-corrected chi connectivity index (χ4v) is 2.97. The van der Waals surface area contributed by atoms with Crippen LogP contribution in [0, 0.1) is 5.82 Å². The zero-order valence-corrected chi connectivity index (χ0v) is 12.4.